The van der Waals surface area contributed by atoms with E-state index in [1.54, 1.807) is 0 Å². The largest absolute Gasteiger partial charge is 0.489 e. The second-order valence-electron chi connectivity index (χ2n) is 7.60. The topological polar surface area (TPSA) is 59.4 Å². The third-order valence-corrected chi connectivity index (χ3v) is 6.60. The molecule has 4 rings (SSSR count). The fourth-order valence-electron chi connectivity index (χ4n) is 4.07. The van der Waals surface area contributed by atoms with Gasteiger partial charge < -0.3 is 9.84 Å². The minimum atomic E-state index is -0.767. The van der Waals surface area contributed by atoms with Gasteiger partial charge in [-0.25, -0.2) is 4.39 Å². The van der Waals surface area contributed by atoms with Crippen LogP contribution in [0.4, 0.5) is 4.39 Å². The Kier molecular flexibility index (Phi) is 6.13. The molecule has 2 aromatic carbocycles. The molecule has 6 heteroatoms. The van der Waals surface area contributed by atoms with Crippen molar-refractivity contribution >= 4 is 17.5 Å². The highest BCUT2D eigenvalue weighted by atomic mass is 32.1. The molecule has 1 aliphatic carbocycles. The summed E-state index contributed by atoms with van der Waals surface area (Å²) in [5.74, 6) is 0.0212. The predicted molar refractivity (Wildman–Crippen MR) is 116 cm³/mol. The Balaban J connectivity index is 1.53. The lowest BCUT2D eigenvalue weighted by atomic mass is 9.98. The number of carboxylic acid groups (broad SMARTS) is 1. The molecular formula is C24H24FNO3S. The van der Waals surface area contributed by atoms with E-state index in [1.807, 2.05) is 30.3 Å². The van der Waals surface area contributed by atoms with Crippen molar-refractivity contribution in [2.45, 2.75) is 51.8 Å². The van der Waals surface area contributed by atoms with Gasteiger partial charge in [0.2, 0.25) is 0 Å². The van der Waals surface area contributed by atoms with Crippen molar-refractivity contribution in [3.05, 3.63) is 69.6 Å². The summed E-state index contributed by atoms with van der Waals surface area (Å²) in [6.45, 7) is 1.79. The van der Waals surface area contributed by atoms with Crippen molar-refractivity contribution in [3.8, 4) is 17.0 Å². The number of aryl methyl sites for hydroxylation is 2. The maximum atomic E-state index is 13.6. The van der Waals surface area contributed by atoms with Crippen LogP contribution >= 0.6 is 11.5 Å². The van der Waals surface area contributed by atoms with E-state index in [2.05, 4.69) is 23.4 Å². The first-order valence-corrected chi connectivity index (χ1v) is 11.0. The molecule has 1 heterocycles. The van der Waals surface area contributed by atoms with Gasteiger partial charge in [0.25, 0.3) is 0 Å². The van der Waals surface area contributed by atoms with E-state index < -0.39 is 12.6 Å². The Morgan fingerprint density at radius 2 is 2.07 bits per heavy atom. The number of nitrogens with zero attached hydrogens (tertiary/aromatic N) is 1. The zero-order chi connectivity index (χ0) is 21.1. The number of rotatable bonds is 8. The highest BCUT2D eigenvalue weighted by Gasteiger charge is 2.25. The molecule has 1 aliphatic rings. The summed E-state index contributed by atoms with van der Waals surface area (Å²) >= 11 is 1.18. The van der Waals surface area contributed by atoms with E-state index in [0.29, 0.717) is 10.6 Å². The number of fused-ring (bicyclic) bond motifs is 1. The lowest BCUT2D eigenvalue weighted by molar-refractivity contribution is -0.137. The number of aromatic nitrogens is 1. The molecule has 3 aromatic rings. The van der Waals surface area contributed by atoms with Gasteiger partial charge in [-0.2, -0.15) is 4.37 Å². The van der Waals surface area contributed by atoms with Crippen LogP contribution in [-0.4, -0.2) is 15.4 Å². The minimum absolute atomic E-state index is 0.0726. The van der Waals surface area contributed by atoms with Gasteiger partial charge in [0.05, 0.1) is 17.0 Å². The van der Waals surface area contributed by atoms with Gasteiger partial charge in [-0.3, -0.25) is 4.79 Å². The van der Waals surface area contributed by atoms with Crippen molar-refractivity contribution in [2.75, 3.05) is 0 Å². The minimum Gasteiger partial charge on any atom is -0.489 e. The van der Waals surface area contributed by atoms with E-state index in [4.69, 9.17) is 9.84 Å². The quantitative estimate of drug-likeness (QED) is 0.486. The molecule has 0 amide bonds. The summed E-state index contributed by atoms with van der Waals surface area (Å²) in [7, 11) is 0. The van der Waals surface area contributed by atoms with Crippen molar-refractivity contribution in [2.24, 2.45) is 0 Å². The van der Waals surface area contributed by atoms with E-state index in [9.17, 15) is 9.18 Å². The number of carbonyl (C=O) groups is 1. The fourth-order valence-corrected chi connectivity index (χ4v) is 4.80. The third-order valence-electron chi connectivity index (χ3n) is 5.75. The molecule has 1 unspecified atom stereocenters. The Morgan fingerprint density at radius 1 is 1.27 bits per heavy atom. The number of carboxylic acids is 1. The van der Waals surface area contributed by atoms with Gasteiger partial charge in [0, 0.05) is 11.1 Å². The van der Waals surface area contributed by atoms with Crippen LogP contribution in [0.2, 0.25) is 0 Å². The number of ether oxygens (including phenoxy) is 1. The lowest BCUT2D eigenvalue weighted by Gasteiger charge is -2.12. The summed E-state index contributed by atoms with van der Waals surface area (Å²) in [5.41, 5.74) is 6.02. The maximum absolute atomic E-state index is 13.6. The van der Waals surface area contributed by atoms with Crippen molar-refractivity contribution in [3.63, 3.8) is 0 Å². The number of alkyl halides is 1. The van der Waals surface area contributed by atoms with Crippen LogP contribution in [-0.2, 0) is 30.9 Å². The number of aliphatic carboxylic acids is 1. The molecule has 0 fully saturated rings. The molecule has 0 saturated carbocycles. The van der Waals surface area contributed by atoms with Gasteiger partial charge >= 0.3 is 5.97 Å². The first-order valence-electron chi connectivity index (χ1n) is 10.2. The third kappa shape index (κ3) is 4.24. The number of benzene rings is 2. The molecule has 1 N–H and O–H groups in total. The van der Waals surface area contributed by atoms with Gasteiger partial charge in [-0.1, -0.05) is 37.3 Å². The van der Waals surface area contributed by atoms with Gasteiger partial charge in [-0.15, -0.1) is 0 Å². The van der Waals surface area contributed by atoms with Gasteiger partial charge in [0.1, 0.15) is 19.0 Å². The van der Waals surface area contributed by atoms with Crippen LogP contribution in [0.25, 0.3) is 11.3 Å². The smallest absolute Gasteiger partial charge is 0.303 e. The zero-order valence-electron chi connectivity index (χ0n) is 16.9. The summed E-state index contributed by atoms with van der Waals surface area (Å²) in [4.78, 5) is 11.6. The molecular weight excluding hydrogens is 401 g/mol. The molecule has 0 radical (unpaired) electrons. The molecule has 1 aromatic heterocycles. The van der Waals surface area contributed by atoms with Gasteiger partial charge in [0.15, 0.2) is 0 Å². The second kappa shape index (κ2) is 8.96. The molecule has 0 saturated heterocycles. The molecule has 1 atom stereocenters. The average Bonchev–Trinajstić information content (AvgIpc) is 3.35. The Morgan fingerprint density at radius 3 is 2.77 bits per heavy atom. The first kappa shape index (κ1) is 20.5. The predicted octanol–water partition coefficient (Wildman–Crippen LogP) is 5.93. The van der Waals surface area contributed by atoms with Crippen LogP contribution in [0.1, 0.15) is 52.8 Å². The molecule has 0 spiro atoms. The highest BCUT2D eigenvalue weighted by Crippen LogP contribution is 2.38. The molecule has 156 valence electrons. The van der Waals surface area contributed by atoms with E-state index in [1.165, 1.54) is 17.1 Å². The molecule has 0 bridgehead atoms. The second-order valence-corrected chi connectivity index (χ2v) is 8.46. The summed E-state index contributed by atoms with van der Waals surface area (Å²) in [5, 5.41) is 9.08. The summed E-state index contributed by atoms with van der Waals surface area (Å²) in [6.07, 6.45) is 2.83. The van der Waals surface area contributed by atoms with Crippen LogP contribution in [0, 0.1) is 0 Å². The Labute approximate surface area is 179 Å². The van der Waals surface area contributed by atoms with E-state index in [0.717, 1.165) is 47.2 Å². The standard InChI is InChI=1S/C24H24FNO3S/c1-2-15-3-5-16(6-4-15)24-21(22(13-25)30-26-24)14-29-19-9-10-20-17(11-19)7-8-18(20)12-23(27)28/h3-6,9-11,18H,2,7-8,12-14H2,1H3,(H,27,28). The summed E-state index contributed by atoms with van der Waals surface area (Å²) in [6, 6.07) is 14.0. The van der Waals surface area contributed by atoms with Crippen molar-refractivity contribution < 1.29 is 19.0 Å². The monoisotopic (exact) mass is 425 g/mol. The average molecular weight is 426 g/mol. The highest BCUT2D eigenvalue weighted by molar-refractivity contribution is 7.06. The fraction of sp³-hybridized carbons (Fsp3) is 0.333. The number of halogens is 1. The SMILES string of the molecule is CCc1ccc(-c2nsc(CF)c2COc2ccc3c(c2)CCC3CC(=O)O)cc1. The van der Waals surface area contributed by atoms with Crippen molar-refractivity contribution in [1.29, 1.82) is 0 Å². The molecule has 30 heavy (non-hydrogen) atoms. The van der Waals surface area contributed by atoms with Crippen LogP contribution in [0.3, 0.4) is 0 Å². The van der Waals surface area contributed by atoms with E-state index in [-0.39, 0.29) is 18.9 Å². The molecule has 0 aliphatic heterocycles. The van der Waals surface area contributed by atoms with E-state index >= 15 is 0 Å². The number of hydrogen-bond acceptors (Lipinski definition) is 4. The summed E-state index contributed by atoms with van der Waals surface area (Å²) < 4.78 is 24.1. The van der Waals surface area contributed by atoms with Crippen LogP contribution in [0.5, 0.6) is 5.75 Å². The van der Waals surface area contributed by atoms with Crippen LogP contribution in [0.15, 0.2) is 42.5 Å². The molecule has 4 nitrogen and oxygen atoms in total. The number of hydrogen-bond donors (Lipinski definition) is 1. The first-order chi connectivity index (χ1) is 14.6. The Hall–Kier alpha value is -2.73. The van der Waals surface area contributed by atoms with Crippen molar-refractivity contribution in [1.82, 2.24) is 4.37 Å². The lowest BCUT2D eigenvalue weighted by Crippen LogP contribution is -2.03. The Bertz CT molecular complexity index is 1050. The maximum Gasteiger partial charge on any atom is 0.303 e. The zero-order valence-corrected chi connectivity index (χ0v) is 17.7. The normalized spacial score (nSPS) is 15.2. The van der Waals surface area contributed by atoms with Gasteiger partial charge in [-0.05, 0) is 65.5 Å². The van der Waals surface area contributed by atoms with Crippen LogP contribution < -0.4 is 4.74 Å².